The highest BCUT2D eigenvalue weighted by atomic mass is 32.1. The van der Waals surface area contributed by atoms with Crippen molar-refractivity contribution in [2.45, 2.75) is 51.6 Å². The van der Waals surface area contributed by atoms with E-state index in [2.05, 4.69) is 35.3 Å². The predicted octanol–water partition coefficient (Wildman–Crippen LogP) is 3.70. The van der Waals surface area contributed by atoms with Crippen LogP contribution in [-0.2, 0) is 11.3 Å². The maximum absolute atomic E-state index is 12.1. The van der Waals surface area contributed by atoms with Gasteiger partial charge in [0, 0.05) is 29.8 Å². The van der Waals surface area contributed by atoms with Gasteiger partial charge in [0.2, 0.25) is 5.91 Å². The molecule has 1 fully saturated rings. The molecule has 3 rings (SSSR count). The molecule has 1 aliphatic heterocycles. The van der Waals surface area contributed by atoms with Gasteiger partial charge in [0.05, 0.1) is 12.6 Å². The Balaban J connectivity index is 1.49. The van der Waals surface area contributed by atoms with Crippen molar-refractivity contribution >= 4 is 17.2 Å². The monoisotopic (exact) mass is 347 g/mol. The lowest BCUT2D eigenvalue weighted by Crippen LogP contribution is -2.30. The van der Waals surface area contributed by atoms with E-state index in [4.69, 9.17) is 4.52 Å². The fourth-order valence-corrected chi connectivity index (χ4v) is 3.74. The molecule has 1 saturated heterocycles. The Morgan fingerprint density at radius 2 is 2.42 bits per heavy atom. The van der Waals surface area contributed by atoms with Crippen molar-refractivity contribution in [1.29, 1.82) is 0 Å². The summed E-state index contributed by atoms with van der Waals surface area (Å²) in [6.07, 6.45) is 2.75. The van der Waals surface area contributed by atoms with Crippen LogP contribution in [0, 0.1) is 0 Å². The van der Waals surface area contributed by atoms with Crippen molar-refractivity contribution < 1.29 is 9.32 Å². The van der Waals surface area contributed by atoms with Crippen LogP contribution < -0.4 is 5.32 Å². The Morgan fingerprint density at radius 1 is 1.54 bits per heavy atom. The van der Waals surface area contributed by atoms with Crippen molar-refractivity contribution in [2.24, 2.45) is 0 Å². The van der Waals surface area contributed by atoms with Crippen molar-refractivity contribution in [2.75, 3.05) is 13.1 Å². The van der Waals surface area contributed by atoms with Crippen LogP contribution in [-0.4, -0.2) is 29.1 Å². The first-order valence-electron chi connectivity index (χ1n) is 8.63. The highest BCUT2D eigenvalue weighted by molar-refractivity contribution is 7.09. The molecule has 1 aliphatic rings. The topological polar surface area (TPSA) is 58.4 Å². The van der Waals surface area contributed by atoms with Crippen LogP contribution in [0.4, 0.5) is 0 Å². The van der Waals surface area contributed by atoms with Crippen LogP contribution >= 0.6 is 11.3 Å². The van der Waals surface area contributed by atoms with Gasteiger partial charge in [0.1, 0.15) is 11.5 Å². The van der Waals surface area contributed by atoms with E-state index < -0.39 is 0 Å². The molecule has 3 heterocycles. The first-order chi connectivity index (χ1) is 11.6. The molecule has 1 amide bonds. The van der Waals surface area contributed by atoms with Gasteiger partial charge in [-0.15, -0.1) is 11.3 Å². The molecule has 5 nitrogen and oxygen atoms in total. The molecule has 0 radical (unpaired) electrons. The maximum Gasteiger partial charge on any atom is 0.221 e. The Hall–Kier alpha value is -1.66. The van der Waals surface area contributed by atoms with Gasteiger partial charge in [0.25, 0.3) is 0 Å². The van der Waals surface area contributed by atoms with Gasteiger partial charge in [-0.3, -0.25) is 9.69 Å². The third-order valence-electron chi connectivity index (χ3n) is 4.49. The highest BCUT2D eigenvalue weighted by Crippen LogP contribution is 2.32. The average molecular weight is 347 g/mol. The molecule has 2 aromatic heterocycles. The number of likely N-dealkylation sites (tertiary alicyclic amines) is 1. The van der Waals surface area contributed by atoms with Crippen LogP contribution in [0.1, 0.15) is 61.4 Å². The maximum atomic E-state index is 12.1. The number of nitrogens with one attached hydrogen (secondary N) is 1. The molecule has 130 valence electrons. The molecule has 0 aliphatic carbocycles. The minimum absolute atomic E-state index is 0.108. The Labute approximate surface area is 147 Å². The van der Waals surface area contributed by atoms with Crippen LogP contribution in [0.2, 0.25) is 0 Å². The summed E-state index contributed by atoms with van der Waals surface area (Å²) in [6.45, 7) is 6.63. The lowest BCUT2D eigenvalue weighted by molar-refractivity contribution is -0.121. The number of rotatable bonds is 7. The van der Waals surface area contributed by atoms with E-state index >= 15 is 0 Å². The Morgan fingerprint density at radius 3 is 3.12 bits per heavy atom. The fourth-order valence-electron chi connectivity index (χ4n) is 3.09. The molecule has 6 heteroatoms. The SMILES string of the molecule is CC(C)c1cc([C@H]2CCCN2CCC(=O)NCc2cccs2)no1. The molecular formula is C18H25N3O2S. The smallest absolute Gasteiger partial charge is 0.221 e. The Kier molecular flexibility index (Phi) is 5.68. The minimum Gasteiger partial charge on any atom is -0.361 e. The molecule has 1 atom stereocenters. The lowest BCUT2D eigenvalue weighted by Gasteiger charge is -2.22. The zero-order chi connectivity index (χ0) is 16.9. The van der Waals surface area contributed by atoms with Crippen LogP contribution in [0.15, 0.2) is 28.1 Å². The predicted molar refractivity (Wildman–Crippen MR) is 94.9 cm³/mol. The van der Waals surface area contributed by atoms with E-state index in [0.29, 0.717) is 18.9 Å². The van der Waals surface area contributed by atoms with E-state index in [1.54, 1.807) is 11.3 Å². The molecular weight excluding hydrogens is 322 g/mol. The number of carbonyl (C=O) groups excluding carboxylic acids is 1. The zero-order valence-corrected chi connectivity index (χ0v) is 15.1. The Bertz CT molecular complexity index is 651. The number of amides is 1. The molecule has 0 bridgehead atoms. The largest absolute Gasteiger partial charge is 0.361 e. The van der Waals surface area contributed by atoms with E-state index in [1.165, 1.54) is 4.88 Å². The number of aromatic nitrogens is 1. The summed E-state index contributed by atoms with van der Waals surface area (Å²) < 4.78 is 5.44. The second-order valence-electron chi connectivity index (χ2n) is 6.61. The van der Waals surface area contributed by atoms with Crippen molar-refractivity contribution in [3.63, 3.8) is 0 Å². The summed E-state index contributed by atoms with van der Waals surface area (Å²) in [5, 5.41) is 9.27. The van der Waals surface area contributed by atoms with Gasteiger partial charge >= 0.3 is 0 Å². The first-order valence-corrected chi connectivity index (χ1v) is 9.51. The third kappa shape index (κ3) is 4.24. The second-order valence-corrected chi connectivity index (χ2v) is 7.64. The zero-order valence-electron chi connectivity index (χ0n) is 14.3. The molecule has 2 aromatic rings. The molecule has 0 aromatic carbocycles. The number of carbonyl (C=O) groups is 1. The number of hydrogen-bond acceptors (Lipinski definition) is 5. The lowest BCUT2D eigenvalue weighted by atomic mass is 10.1. The van der Waals surface area contributed by atoms with Gasteiger partial charge in [-0.2, -0.15) is 0 Å². The molecule has 0 unspecified atom stereocenters. The highest BCUT2D eigenvalue weighted by Gasteiger charge is 2.29. The molecule has 1 N–H and O–H groups in total. The summed E-state index contributed by atoms with van der Waals surface area (Å²) in [5.41, 5.74) is 1.01. The summed E-state index contributed by atoms with van der Waals surface area (Å²) in [6, 6.07) is 6.40. The standard InChI is InChI=1S/C18H25N3O2S/c1-13(2)17-11-15(20-23-17)16-6-3-8-21(16)9-7-18(22)19-12-14-5-4-10-24-14/h4-5,10-11,13,16H,3,6-9,12H2,1-2H3,(H,19,22)/t16-/m1/s1. The number of hydrogen-bond donors (Lipinski definition) is 1. The van der Waals surface area contributed by atoms with E-state index in [-0.39, 0.29) is 11.9 Å². The van der Waals surface area contributed by atoms with E-state index in [9.17, 15) is 4.79 Å². The van der Waals surface area contributed by atoms with Crippen molar-refractivity contribution in [3.8, 4) is 0 Å². The summed E-state index contributed by atoms with van der Waals surface area (Å²) >= 11 is 1.67. The van der Waals surface area contributed by atoms with Crippen LogP contribution in [0.25, 0.3) is 0 Å². The summed E-state index contributed by atoms with van der Waals surface area (Å²) in [4.78, 5) is 15.6. The van der Waals surface area contributed by atoms with Crippen molar-refractivity contribution in [1.82, 2.24) is 15.4 Å². The fraction of sp³-hybridized carbons (Fsp3) is 0.556. The van der Waals surface area contributed by atoms with Gasteiger partial charge < -0.3 is 9.84 Å². The number of nitrogens with zero attached hydrogens (tertiary/aromatic N) is 2. The quantitative estimate of drug-likeness (QED) is 0.829. The van der Waals surface area contributed by atoms with Crippen LogP contribution in [0.5, 0.6) is 0 Å². The average Bonchev–Trinajstić information content (AvgIpc) is 3.31. The molecule has 0 spiro atoms. The summed E-state index contributed by atoms with van der Waals surface area (Å²) in [7, 11) is 0. The van der Waals surface area contributed by atoms with E-state index in [0.717, 1.165) is 37.4 Å². The number of thiophene rings is 1. The van der Waals surface area contributed by atoms with Gasteiger partial charge in [-0.05, 0) is 30.8 Å². The van der Waals surface area contributed by atoms with Crippen molar-refractivity contribution in [3.05, 3.63) is 39.9 Å². The molecule has 0 saturated carbocycles. The second kappa shape index (κ2) is 7.94. The van der Waals surface area contributed by atoms with Gasteiger partial charge in [-0.25, -0.2) is 0 Å². The van der Waals surface area contributed by atoms with Gasteiger partial charge in [0.15, 0.2) is 0 Å². The first kappa shape index (κ1) is 17.2. The summed E-state index contributed by atoms with van der Waals surface area (Å²) in [5.74, 6) is 1.40. The van der Waals surface area contributed by atoms with Crippen LogP contribution in [0.3, 0.4) is 0 Å². The third-order valence-corrected chi connectivity index (χ3v) is 5.36. The van der Waals surface area contributed by atoms with Gasteiger partial charge in [-0.1, -0.05) is 25.1 Å². The van der Waals surface area contributed by atoms with E-state index in [1.807, 2.05) is 17.5 Å². The normalized spacial score (nSPS) is 18.4. The minimum atomic E-state index is 0.108. The molecule has 24 heavy (non-hydrogen) atoms.